The van der Waals surface area contributed by atoms with Crippen LogP contribution in [-0.2, 0) is 4.57 Å². The molecule has 0 saturated carbocycles. The first-order valence-corrected chi connectivity index (χ1v) is 6.26. The van der Waals surface area contributed by atoms with E-state index in [4.69, 9.17) is 0 Å². The molecule has 2 aromatic rings. The van der Waals surface area contributed by atoms with Crippen molar-refractivity contribution in [2.24, 2.45) is 0 Å². The van der Waals surface area contributed by atoms with Gasteiger partial charge in [-0.3, -0.25) is 0 Å². The highest BCUT2D eigenvalue weighted by molar-refractivity contribution is 7.72. The Morgan fingerprint density at radius 2 is 1.07 bits per heavy atom. The van der Waals surface area contributed by atoms with E-state index in [1.54, 1.807) is 60.7 Å². The van der Waals surface area contributed by atoms with Crippen molar-refractivity contribution >= 4 is 18.0 Å². The fourth-order valence-electron chi connectivity index (χ4n) is 1.40. The average molecular weight is 217 g/mol. The fraction of sp³-hybridized carbons (Fsp3) is 0. The van der Waals surface area contributed by atoms with Crippen LogP contribution >= 0.6 is 7.37 Å². The topological polar surface area (TPSA) is 40.1 Å². The van der Waals surface area contributed by atoms with Crippen LogP contribution in [-0.4, -0.2) is 0 Å². The Morgan fingerprint density at radius 3 is 1.40 bits per heavy atom. The van der Waals surface area contributed by atoms with E-state index in [1.807, 2.05) is 0 Å². The summed E-state index contributed by atoms with van der Waals surface area (Å²) in [7, 11) is -3.65. The van der Waals surface area contributed by atoms with Gasteiger partial charge in [0.05, 0.1) is 7.37 Å². The van der Waals surface area contributed by atoms with E-state index in [0.29, 0.717) is 10.6 Å². The van der Waals surface area contributed by atoms with Gasteiger partial charge in [-0.15, -0.1) is 0 Å². The van der Waals surface area contributed by atoms with E-state index < -0.39 is 7.37 Å². The van der Waals surface area contributed by atoms with Gasteiger partial charge in [-0.05, 0) is 0 Å². The van der Waals surface area contributed by atoms with E-state index in [9.17, 15) is 9.46 Å². The Morgan fingerprint density at radius 1 is 0.733 bits per heavy atom. The second-order valence-electron chi connectivity index (χ2n) is 3.22. The van der Waals surface area contributed by atoms with Crippen molar-refractivity contribution in [3.63, 3.8) is 0 Å². The summed E-state index contributed by atoms with van der Waals surface area (Å²) in [5.74, 6) is 0. The number of hydrogen-bond donors (Lipinski definition) is 0. The Labute approximate surface area is 88.7 Å². The van der Waals surface area contributed by atoms with Gasteiger partial charge in [0.2, 0.25) is 0 Å². The highest BCUT2D eigenvalue weighted by Gasteiger charge is 2.12. The molecule has 0 atom stereocenters. The van der Waals surface area contributed by atoms with Crippen molar-refractivity contribution < 1.29 is 9.46 Å². The summed E-state index contributed by atoms with van der Waals surface area (Å²) >= 11 is 0. The summed E-state index contributed by atoms with van der Waals surface area (Å²) in [6.07, 6.45) is 0. The molecule has 2 nitrogen and oxygen atoms in total. The maximum absolute atomic E-state index is 12.1. The third kappa shape index (κ3) is 2.01. The number of hydrogen-bond acceptors (Lipinski definition) is 2. The zero-order chi connectivity index (χ0) is 10.7. The highest BCUT2D eigenvalue weighted by atomic mass is 31.2. The molecule has 0 radical (unpaired) electrons. The first-order valence-electron chi connectivity index (χ1n) is 4.63. The van der Waals surface area contributed by atoms with Crippen LogP contribution in [0, 0.1) is 0 Å². The molecule has 0 aromatic heterocycles. The molecule has 0 amide bonds. The molecule has 0 aliphatic rings. The average Bonchev–Trinajstić information content (AvgIpc) is 2.31. The Balaban J connectivity index is 2.50. The van der Waals surface area contributed by atoms with Gasteiger partial charge < -0.3 is 9.46 Å². The second-order valence-corrected chi connectivity index (χ2v) is 5.36. The molecule has 0 aliphatic carbocycles. The minimum absolute atomic E-state index is 0.358. The smallest absolute Gasteiger partial charge is 0.0720 e. The monoisotopic (exact) mass is 217 g/mol. The van der Waals surface area contributed by atoms with E-state index >= 15 is 0 Å². The molecule has 15 heavy (non-hydrogen) atoms. The van der Waals surface area contributed by atoms with Gasteiger partial charge in [-0.2, -0.15) is 0 Å². The first kappa shape index (κ1) is 10.2. The zero-order valence-electron chi connectivity index (χ0n) is 8.04. The van der Waals surface area contributed by atoms with Crippen LogP contribution < -0.4 is 15.5 Å². The lowest BCUT2D eigenvalue weighted by Crippen LogP contribution is -2.24. The second kappa shape index (κ2) is 4.01. The van der Waals surface area contributed by atoms with Crippen LogP contribution in [0.1, 0.15) is 0 Å². The number of rotatable bonds is 2. The summed E-state index contributed by atoms with van der Waals surface area (Å²) in [5, 5.41) is 0.715. The van der Waals surface area contributed by atoms with E-state index in [0.717, 1.165) is 0 Å². The predicted octanol–water partition coefficient (Wildman–Crippen LogP) is 1.28. The number of benzene rings is 2. The van der Waals surface area contributed by atoms with Crippen molar-refractivity contribution in [3.8, 4) is 0 Å². The van der Waals surface area contributed by atoms with Gasteiger partial charge in [0.1, 0.15) is 0 Å². The largest absolute Gasteiger partial charge is 0.793 e. The molecule has 0 bridgehead atoms. The van der Waals surface area contributed by atoms with Gasteiger partial charge in [0.25, 0.3) is 0 Å². The minimum Gasteiger partial charge on any atom is -0.793 e. The first-order chi connectivity index (χ1) is 7.21. The van der Waals surface area contributed by atoms with Crippen LogP contribution in [0.5, 0.6) is 0 Å². The third-order valence-corrected chi connectivity index (χ3v) is 4.15. The Bertz CT molecular complexity index is 436. The van der Waals surface area contributed by atoms with Crippen LogP contribution in [0.2, 0.25) is 0 Å². The van der Waals surface area contributed by atoms with Gasteiger partial charge in [-0.1, -0.05) is 60.7 Å². The van der Waals surface area contributed by atoms with E-state index in [1.165, 1.54) is 0 Å². The Kier molecular flexibility index (Phi) is 2.72. The van der Waals surface area contributed by atoms with Crippen LogP contribution in [0.25, 0.3) is 0 Å². The lowest BCUT2D eigenvalue weighted by Gasteiger charge is -2.23. The molecular weight excluding hydrogens is 207 g/mol. The van der Waals surface area contributed by atoms with Crippen molar-refractivity contribution in [2.45, 2.75) is 0 Å². The van der Waals surface area contributed by atoms with Crippen LogP contribution in [0.15, 0.2) is 60.7 Å². The molecule has 0 N–H and O–H groups in total. The molecule has 0 aliphatic heterocycles. The normalized spacial score (nSPS) is 11.3. The summed E-state index contributed by atoms with van der Waals surface area (Å²) < 4.78 is 12.1. The van der Waals surface area contributed by atoms with E-state index in [-0.39, 0.29) is 0 Å². The molecule has 0 heterocycles. The molecule has 76 valence electrons. The quantitative estimate of drug-likeness (QED) is 0.711. The third-order valence-electron chi connectivity index (χ3n) is 2.19. The van der Waals surface area contributed by atoms with Crippen LogP contribution in [0.4, 0.5) is 0 Å². The van der Waals surface area contributed by atoms with Crippen molar-refractivity contribution in [1.82, 2.24) is 0 Å². The molecule has 0 spiro atoms. The van der Waals surface area contributed by atoms with Crippen molar-refractivity contribution in [3.05, 3.63) is 60.7 Å². The lowest BCUT2D eigenvalue weighted by atomic mass is 10.4. The summed E-state index contributed by atoms with van der Waals surface area (Å²) in [6.45, 7) is 0. The maximum atomic E-state index is 12.1. The molecule has 2 aromatic carbocycles. The molecule has 2 rings (SSSR count). The molecular formula is C12H10O2P-. The summed E-state index contributed by atoms with van der Waals surface area (Å²) in [5.41, 5.74) is 0. The van der Waals surface area contributed by atoms with Crippen LogP contribution in [0.3, 0.4) is 0 Å². The zero-order valence-corrected chi connectivity index (χ0v) is 8.93. The summed E-state index contributed by atoms with van der Waals surface area (Å²) in [4.78, 5) is 12.1. The SMILES string of the molecule is O=P([O-])(c1ccccc1)c1ccccc1. The highest BCUT2D eigenvalue weighted by Crippen LogP contribution is 2.32. The van der Waals surface area contributed by atoms with Gasteiger partial charge in [-0.25, -0.2) is 0 Å². The Hall–Kier alpha value is -1.37. The van der Waals surface area contributed by atoms with Crippen molar-refractivity contribution in [2.75, 3.05) is 0 Å². The maximum Gasteiger partial charge on any atom is 0.0720 e. The molecule has 3 heteroatoms. The standard InChI is InChI=1S/C12H11O2P/c13-15(14,11-7-3-1-4-8-11)12-9-5-2-6-10-12/h1-10H,(H,13,14)/p-1. The van der Waals surface area contributed by atoms with Gasteiger partial charge >= 0.3 is 0 Å². The predicted molar refractivity (Wildman–Crippen MR) is 59.8 cm³/mol. The fourth-order valence-corrected chi connectivity index (χ4v) is 2.82. The minimum atomic E-state index is -3.65. The molecule has 0 saturated heterocycles. The summed E-state index contributed by atoms with van der Waals surface area (Å²) in [6, 6.07) is 16.9. The van der Waals surface area contributed by atoms with Gasteiger partial charge in [0.15, 0.2) is 0 Å². The molecule has 0 unspecified atom stereocenters. The molecule has 0 fully saturated rings. The van der Waals surface area contributed by atoms with E-state index in [2.05, 4.69) is 0 Å². The lowest BCUT2D eigenvalue weighted by molar-refractivity contribution is -0.167. The van der Waals surface area contributed by atoms with Gasteiger partial charge in [0, 0.05) is 10.6 Å². The van der Waals surface area contributed by atoms with Crippen molar-refractivity contribution in [1.29, 1.82) is 0 Å².